The summed E-state index contributed by atoms with van der Waals surface area (Å²) in [4.78, 5) is 12.3. The predicted octanol–water partition coefficient (Wildman–Crippen LogP) is 3.44. The molecule has 0 aromatic carbocycles. The maximum absolute atomic E-state index is 12.3. The molecule has 1 aliphatic rings. The third-order valence-corrected chi connectivity index (χ3v) is 4.14. The quantitative estimate of drug-likeness (QED) is 0.436. The van der Waals surface area contributed by atoms with E-state index in [1.807, 2.05) is 13.0 Å². The van der Waals surface area contributed by atoms with Crippen LogP contribution in [0.25, 0.3) is 0 Å². The number of ether oxygens (including phenoxy) is 1. The highest BCUT2D eigenvalue weighted by Crippen LogP contribution is 2.33. The van der Waals surface area contributed by atoms with Crippen LogP contribution in [0.3, 0.4) is 0 Å². The van der Waals surface area contributed by atoms with Crippen molar-refractivity contribution in [3.05, 3.63) is 12.7 Å². The van der Waals surface area contributed by atoms with Gasteiger partial charge in [0.15, 0.2) is 0 Å². The molecule has 1 fully saturated rings. The monoisotopic (exact) mass is 267 g/mol. The molecular weight excluding hydrogens is 238 g/mol. The maximum Gasteiger partial charge on any atom is 0.326 e. The zero-order valence-electron chi connectivity index (χ0n) is 12.5. The number of rotatable bonds is 7. The van der Waals surface area contributed by atoms with E-state index in [9.17, 15) is 4.79 Å². The minimum Gasteiger partial charge on any atom is -0.465 e. The first-order valence-electron chi connectivity index (χ1n) is 7.71. The molecule has 2 unspecified atom stereocenters. The Bertz CT molecular complexity index is 290. The van der Waals surface area contributed by atoms with Crippen LogP contribution in [0.1, 0.15) is 58.8 Å². The van der Waals surface area contributed by atoms with Crippen molar-refractivity contribution in [1.82, 2.24) is 5.32 Å². The molecule has 0 radical (unpaired) electrons. The summed E-state index contributed by atoms with van der Waals surface area (Å²) >= 11 is 0. The van der Waals surface area contributed by atoms with Crippen molar-refractivity contribution in [3.8, 4) is 0 Å². The Morgan fingerprint density at radius 1 is 1.42 bits per heavy atom. The van der Waals surface area contributed by atoms with Crippen molar-refractivity contribution in [1.29, 1.82) is 0 Å². The van der Waals surface area contributed by atoms with Crippen molar-refractivity contribution < 1.29 is 9.53 Å². The van der Waals surface area contributed by atoms with Gasteiger partial charge in [0.2, 0.25) is 0 Å². The highest BCUT2D eigenvalue weighted by Gasteiger charge is 2.40. The normalized spacial score (nSPS) is 27.6. The molecular formula is C16H29NO2. The van der Waals surface area contributed by atoms with Gasteiger partial charge in [-0.05, 0) is 32.1 Å². The minimum atomic E-state index is -0.479. The Morgan fingerprint density at radius 3 is 2.84 bits per heavy atom. The zero-order valence-corrected chi connectivity index (χ0v) is 12.5. The predicted molar refractivity (Wildman–Crippen MR) is 79.0 cm³/mol. The van der Waals surface area contributed by atoms with Gasteiger partial charge < -0.3 is 4.74 Å². The number of esters is 1. The van der Waals surface area contributed by atoms with Crippen LogP contribution in [0.2, 0.25) is 0 Å². The fraction of sp³-hybridized carbons (Fsp3) is 0.812. The Balaban J connectivity index is 2.73. The van der Waals surface area contributed by atoms with Gasteiger partial charge in [0.25, 0.3) is 0 Å². The molecule has 3 heteroatoms. The van der Waals surface area contributed by atoms with Crippen LogP contribution >= 0.6 is 0 Å². The Morgan fingerprint density at radius 2 is 2.21 bits per heavy atom. The van der Waals surface area contributed by atoms with E-state index in [1.165, 1.54) is 19.3 Å². The average molecular weight is 267 g/mol. The summed E-state index contributed by atoms with van der Waals surface area (Å²) in [5.41, 5.74) is -0.479. The molecule has 1 rings (SSSR count). The highest BCUT2D eigenvalue weighted by molar-refractivity contribution is 5.81. The lowest BCUT2D eigenvalue weighted by molar-refractivity contribution is -0.151. The summed E-state index contributed by atoms with van der Waals surface area (Å²) in [5, 5.41) is 3.38. The van der Waals surface area contributed by atoms with E-state index in [0.29, 0.717) is 13.2 Å². The van der Waals surface area contributed by atoms with E-state index in [1.54, 1.807) is 0 Å². The summed E-state index contributed by atoms with van der Waals surface area (Å²) < 4.78 is 5.30. The summed E-state index contributed by atoms with van der Waals surface area (Å²) in [5.74, 6) is 0.695. The van der Waals surface area contributed by atoms with E-state index < -0.39 is 5.54 Å². The van der Waals surface area contributed by atoms with Gasteiger partial charge in [0.05, 0.1) is 6.61 Å². The third-order valence-electron chi connectivity index (χ3n) is 4.14. The van der Waals surface area contributed by atoms with Gasteiger partial charge in [0, 0.05) is 6.54 Å². The standard InChI is InChI=1S/C16H29NO2/c1-4-8-14-9-7-11-16(12-10-14,17-13-5-2)15(18)19-6-3/h5,14,17H,2,4,6-13H2,1,3H3. The van der Waals surface area contributed by atoms with Crippen molar-refractivity contribution in [3.63, 3.8) is 0 Å². The first kappa shape index (κ1) is 16.2. The molecule has 1 N–H and O–H groups in total. The number of nitrogens with one attached hydrogen (secondary N) is 1. The maximum atomic E-state index is 12.3. The van der Waals surface area contributed by atoms with Crippen LogP contribution in [0.4, 0.5) is 0 Å². The largest absolute Gasteiger partial charge is 0.465 e. The molecule has 0 aromatic heterocycles. The first-order chi connectivity index (χ1) is 9.18. The summed E-state index contributed by atoms with van der Waals surface area (Å²) in [7, 11) is 0. The molecule has 0 saturated heterocycles. The van der Waals surface area contributed by atoms with Gasteiger partial charge in [-0.3, -0.25) is 10.1 Å². The van der Waals surface area contributed by atoms with E-state index in [0.717, 1.165) is 31.6 Å². The van der Waals surface area contributed by atoms with Gasteiger partial charge in [-0.1, -0.05) is 38.7 Å². The number of hydrogen-bond donors (Lipinski definition) is 1. The van der Waals surface area contributed by atoms with Crippen molar-refractivity contribution in [2.24, 2.45) is 5.92 Å². The highest BCUT2D eigenvalue weighted by atomic mass is 16.5. The van der Waals surface area contributed by atoms with Crippen LogP contribution < -0.4 is 5.32 Å². The minimum absolute atomic E-state index is 0.0750. The molecule has 3 nitrogen and oxygen atoms in total. The van der Waals surface area contributed by atoms with Crippen LogP contribution in [0.15, 0.2) is 12.7 Å². The molecule has 0 heterocycles. The fourth-order valence-corrected chi connectivity index (χ4v) is 3.10. The van der Waals surface area contributed by atoms with E-state index in [2.05, 4.69) is 18.8 Å². The second-order valence-electron chi connectivity index (χ2n) is 5.56. The molecule has 0 aromatic rings. The Hall–Kier alpha value is -0.830. The molecule has 0 aliphatic heterocycles. The molecule has 0 amide bonds. The van der Waals surface area contributed by atoms with Crippen LogP contribution in [0.5, 0.6) is 0 Å². The van der Waals surface area contributed by atoms with Crippen molar-refractivity contribution in [2.75, 3.05) is 13.2 Å². The Kier molecular flexibility index (Phi) is 7.14. The average Bonchev–Trinajstić information content (AvgIpc) is 2.61. The van der Waals surface area contributed by atoms with Gasteiger partial charge >= 0.3 is 5.97 Å². The second kappa shape index (κ2) is 8.36. The lowest BCUT2D eigenvalue weighted by Crippen LogP contribution is -2.52. The van der Waals surface area contributed by atoms with Crippen molar-refractivity contribution in [2.45, 2.75) is 64.3 Å². The molecule has 1 aliphatic carbocycles. The zero-order chi connectivity index (χ0) is 14.1. The number of hydrogen-bond acceptors (Lipinski definition) is 3. The summed E-state index contributed by atoms with van der Waals surface area (Å²) in [6, 6.07) is 0. The van der Waals surface area contributed by atoms with Crippen LogP contribution in [0, 0.1) is 5.92 Å². The van der Waals surface area contributed by atoms with E-state index in [4.69, 9.17) is 4.74 Å². The van der Waals surface area contributed by atoms with Gasteiger partial charge in [-0.15, -0.1) is 6.58 Å². The lowest BCUT2D eigenvalue weighted by atomic mass is 9.89. The molecule has 19 heavy (non-hydrogen) atoms. The number of carbonyl (C=O) groups excluding carboxylic acids is 1. The molecule has 0 spiro atoms. The van der Waals surface area contributed by atoms with Gasteiger partial charge in [-0.2, -0.15) is 0 Å². The SMILES string of the molecule is C=CCNC1(C(=O)OCC)CCCC(CCC)CC1. The number of carbonyl (C=O) groups is 1. The molecule has 0 bridgehead atoms. The Labute approximate surface area is 117 Å². The van der Waals surface area contributed by atoms with Gasteiger partial charge in [-0.25, -0.2) is 0 Å². The van der Waals surface area contributed by atoms with E-state index >= 15 is 0 Å². The molecule has 110 valence electrons. The van der Waals surface area contributed by atoms with Crippen LogP contribution in [-0.2, 0) is 9.53 Å². The molecule has 1 saturated carbocycles. The summed E-state index contributed by atoms with van der Waals surface area (Å²) in [6.45, 7) is 8.96. The fourth-order valence-electron chi connectivity index (χ4n) is 3.10. The first-order valence-corrected chi connectivity index (χ1v) is 7.71. The molecule has 2 atom stereocenters. The van der Waals surface area contributed by atoms with Gasteiger partial charge in [0.1, 0.15) is 5.54 Å². The lowest BCUT2D eigenvalue weighted by Gasteiger charge is -2.31. The van der Waals surface area contributed by atoms with E-state index in [-0.39, 0.29) is 5.97 Å². The topological polar surface area (TPSA) is 38.3 Å². The van der Waals surface area contributed by atoms with Crippen molar-refractivity contribution >= 4 is 5.97 Å². The summed E-state index contributed by atoms with van der Waals surface area (Å²) in [6.07, 6.45) is 9.58. The second-order valence-corrected chi connectivity index (χ2v) is 5.56. The van der Waals surface area contributed by atoms with Crippen LogP contribution in [-0.4, -0.2) is 24.7 Å². The smallest absolute Gasteiger partial charge is 0.326 e. The third kappa shape index (κ3) is 4.64.